The molecule has 0 heterocycles. The number of carbonyl (C=O) groups is 2. The number of aliphatic carboxylic acids is 2. The standard InChI is InChI=1S/C4H10O3.2C4H8O2S/c5-1-3-7-4-2-6;2*1-3(7)2-4(5)6/h5-6H,1-4H2;2*3,7H,2H2,1H3,(H,5,6). The summed E-state index contributed by atoms with van der Waals surface area (Å²) in [4.78, 5) is 19.5. The number of carboxylic acids is 2. The number of rotatable bonds is 8. The van der Waals surface area contributed by atoms with Gasteiger partial charge in [-0.2, -0.15) is 25.3 Å². The Morgan fingerprint density at radius 2 is 1.19 bits per heavy atom. The molecule has 9 heteroatoms. The van der Waals surface area contributed by atoms with E-state index in [2.05, 4.69) is 30.0 Å². The Kier molecular flexibility index (Phi) is 23.7. The van der Waals surface area contributed by atoms with Gasteiger partial charge in [0.2, 0.25) is 0 Å². The van der Waals surface area contributed by atoms with Crippen molar-refractivity contribution in [3.63, 3.8) is 0 Å². The Hall–Kier alpha value is -0.480. The molecule has 128 valence electrons. The lowest BCUT2D eigenvalue weighted by atomic mass is 10.3. The number of carboxylic acid groups (broad SMARTS) is 2. The number of aliphatic hydroxyl groups is 2. The predicted octanol–water partition coefficient (Wildman–Crippen LogP) is 0.546. The van der Waals surface area contributed by atoms with E-state index in [4.69, 9.17) is 20.4 Å². The summed E-state index contributed by atoms with van der Waals surface area (Å²) in [5, 5.41) is 32.2. The van der Waals surface area contributed by atoms with Gasteiger partial charge in [0, 0.05) is 10.5 Å². The van der Waals surface area contributed by atoms with Crippen LogP contribution in [-0.4, -0.2) is 69.3 Å². The molecular formula is C12H26O7S2. The number of ether oxygens (including phenoxy) is 1. The van der Waals surface area contributed by atoms with Gasteiger partial charge in [-0.25, -0.2) is 0 Å². The highest BCUT2D eigenvalue weighted by atomic mass is 32.1. The van der Waals surface area contributed by atoms with Crippen molar-refractivity contribution < 1.29 is 34.8 Å². The van der Waals surface area contributed by atoms with E-state index in [1.807, 2.05) is 0 Å². The molecule has 0 radical (unpaired) electrons. The van der Waals surface area contributed by atoms with E-state index in [0.29, 0.717) is 13.2 Å². The summed E-state index contributed by atoms with van der Waals surface area (Å²) >= 11 is 7.71. The van der Waals surface area contributed by atoms with Crippen LogP contribution in [0.3, 0.4) is 0 Å². The van der Waals surface area contributed by atoms with Gasteiger partial charge in [-0.05, 0) is 0 Å². The molecule has 0 saturated heterocycles. The van der Waals surface area contributed by atoms with Crippen LogP contribution >= 0.6 is 25.3 Å². The molecule has 0 saturated carbocycles. The molecule has 0 amide bonds. The van der Waals surface area contributed by atoms with Gasteiger partial charge in [-0.1, -0.05) is 13.8 Å². The fraction of sp³-hybridized carbons (Fsp3) is 0.833. The lowest BCUT2D eigenvalue weighted by Gasteiger charge is -1.94. The number of aliphatic hydroxyl groups excluding tert-OH is 2. The first-order valence-electron chi connectivity index (χ1n) is 6.26. The number of hydrogen-bond donors (Lipinski definition) is 6. The molecule has 0 bridgehead atoms. The minimum atomic E-state index is -0.789. The van der Waals surface area contributed by atoms with Gasteiger partial charge in [-0.15, -0.1) is 0 Å². The van der Waals surface area contributed by atoms with E-state index in [1.54, 1.807) is 13.8 Å². The van der Waals surface area contributed by atoms with Crippen molar-refractivity contribution in [2.45, 2.75) is 37.2 Å². The Balaban J connectivity index is -0.000000231. The first-order chi connectivity index (χ1) is 9.67. The maximum Gasteiger partial charge on any atom is 0.304 e. The summed E-state index contributed by atoms with van der Waals surface area (Å²) in [6.07, 6.45) is 0.284. The summed E-state index contributed by atoms with van der Waals surface area (Å²) < 4.78 is 4.63. The Morgan fingerprint density at radius 3 is 1.29 bits per heavy atom. The summed E-state index contributed by atoms with van der Waals surface area (Å²) in [6.45, 7) is 4.19. The van der Waals surface area contributed by atoms with Gasteiger partial charge in [0.05, 0.1) is 39.3 Å². The molecule has 2 atom stereocenters. The molecule has 0 aromatic rings. The molecule has 0 fully saturated rings. The SMILES string of the molecule is CC(S)CC(=O)O.CC(S)CC(=O)O.OCCOCCO. The first-order valence-corrected chi connectivity index (χ1v) is 7.29. The Bertz CT molecular complexity index is 224. The molecule has 0 aliphatic carbocycles. The first kappa shape index (κ1) is 25.5. The third-order valence-electron chi connectivity index (χ3n) is 1.41. The fourth-order valence-electron chi connectivity index (χ4n) is 0.737. The van der Waals surface area contributed by atoms with Crippen molar-refractivity contribution in [1.82, 2.24) is 0 Å². The zero-order valence-electron chi connectivity index (χ0n) is 12.3. The van der Waals surface area contributed by atoms with Gasteiger partial charge in [0.25, 0.3) is 0 Å². The van der Waals surface area contributed by atoms with Crippen molar-refractivity contribution >= 4 is 37.2 Å². The van der Waals surface area contributed by atoms with E-state index in [9.17, 15) is 9.59 Å². The lowest BCUT2D eigenvalue weighted by molar-refractivity contribution is -0.137. The topological polar surface area (TPSA) is 124 Å². The van der Waals surface area contributed by atoms with E-state index < -0.39 is 11.9 Å². The van der Waals surface area contributed by atoms with Crippen LogP contribution in [0.4, 0.5) is 0 Å². The van der Waals surface area contributed by atoms with Gasteiger partial charge in [-0.3, -0.25) is 9.59 Å². The molecule has 0 aliphatic heterocycles. The van der Waals surface area contributed by atoms with Crippen LogP contribution in [0, 0.1) is 0 Å². The van der Waals surface area contributed by atoms with Crippen molar-refractivity contribution in [3.8, 4) is 0 Å². The van der Waals surface area contributed by atoms with Gasteiger partial charge in [0.15, 0.2) is 0 Å². The van der Waals surface area contributed by atoms with Crippen LogP contribution in [0.15, 0.2) is 0 Å². The minimum absolute atomic E-state index is 0.0278. The second-order valence-electron chi connectivity index (χ2n) is 3.95. The van der Waals surface area contributed by atoms with Crippen molar-refractivity contribution in [2.24, 2.45) is 0 Å². The fourth-order valence-corrected chi connectivity index (χ4v) is 1.05. The van der Waals surface area contributed by atoms with Crippen LogP contribution < -0.4 is 0 Å². The molecule has 21 heavy (non-hydrogen) atoms. The summed E-state index contributed by atoms with van der Waals surface area (Å²) in [5.74, 6) is -1.58. The highest BCUT2D eigenvalue weighted by Crippen LogP contribution is 1.97. The van der Waals surface area contributed by atoms with Gasteiger partial charge < -0.3 is 25.2 Å². The van der Waals surface area contributed by atoms with Crippen molar-refractivity contribution in [3.05, 3.63) is 0 Å². The van der Waals surface area contributed by atoms with Gasteiger partial charge in [0.1, 0.15) is 0 Å². The second-order valence-corrected chi connectivity index (χ2v) is 5.72. The van der Waals surface area contributed by atoms with Crippen LogP contribution in [0.25, 0.3) is 0 Å². The van der Waals surface area contributed by atoms with E-state index in [-0.39, 0.29) is 36.6 Å². The Labute approximate surface area is 136 Å². The lowest BCUT2D eigenvalue weighted by Crippen LogP contribution is -2.03. The molecule has 0 aliphatic rings. The largest absolute Gasteiger partial charge is 0.481 e. The summed E-state index contributed by atoms with van der Waals surface area (Å²) in [5.41, 5.74) is 0. The second kappa shape index (κ2) is 19.5. The molecule has 2 unspecified atom stereocenters. The quantitative estimate of drug-likeness (QED) is 0.280. The monoisotopic (exact) mass is 346 g/mol. The predicted molar refractivity (Wildman–Crippen MR) is 86.4 cm³/mol. The zero-order chi connectivity index (χ0) is 17.3. The van der Waals surface area contributed by atoms with Crippen molar-refractivity contribution in [2.75, 3.05) is 26.4 Å². The molecule has 4 N–H and O–H groups in total. The van der Waals surface area contributed by atoms with Crippen LogP contribution in [0.2, 0.25) is 0 Å². The number of hydrogen-bond acceptors (Lipinski definition) is 7. The average molecular weight is 346 g/mol. The zero-order valence-corrected chi connectivity index (χ0v) is 14.1. The summed E-state index contributed by atoms with van der Waals surface area (Å²) in [6, 6.07) is 0. The van der Waals surface area contributed by atoms with Crippen LogP contribution in [0.1, 0.15) is 26.7 Å². The number of thiol groups is 2. The minimum Gasteiger partial charge on any atom is -0.481 e. The highest BCUT2D eigenvalue weighted by molar-refractivity contribution is 7.81. The normalized spacial score (nSPS) is 12.1. The molecule has 7 nitrogen and oxygen atoms in total. The van der Waals surface area contributed by atoms with Crippen LogP contribution in [0.5, 0.6) is 0 Å². The van der Waals surface area contributed by atoms with E-state index >= 15 is 0 Å². The van der Waals surface area contributed by atoms with Crippen molar-refractivity contribution in [1.29, 1.82) is 0 Å². The summed E-state index contributed by atoms with van der Waals surface area (Å²) in [7, 11) is 0. The molecule has 0 aromatic heterocycles. The molecule has 0 spiro atoms. The Morgan fingerprint density at radius 1 is 0.905 bits per heavy atom. The molecule has 0 aromatic carbocycles. The maximum atomic E-state index is 9.76. The van der Waals surface area contributed by atoms with Gasteiger partial charge >= 0.3 is 11.9 Å². The van der Waals surface area contributed by atoms with E-state index in [0.717, 1.165) is 0 Å². The third kappa shape index (κ3) is 45.1. The van der Waals surface area contributed by atoms with E-state index in [1.165, 1.54) is 0 Å². The average Bonchev–Trinajstić information content (AvgIpc) is 2.27. The smallest absolute Gasteiger partial charge is 0.304 e. The molecular weight excluding hydrogens is 320 g/mol. The molecule has 0 rings (SSSR count). The van der Waals surface area contributed by atoms with Crippen LogP contribution in [-0.2, 0) is 14.3 Å². The third-order valence-corrected chi connectivity index (χ3v) is 1.78. The highest BCUT2D eigenvalue weighted by Gasteiger charge is 1.99. The maximum absolute atomic E-state index is 9.76.